The zero-order valence-electron chi connectivity index (χ0n) is 22.2. The molecule has 0 aliphatic rings. The maximum absolute atomic E-state index is 15.6. The van der Waals surface area contributed by atoms with Gasteiger partial charge in [-0.05, 0) is 57.5 Å². The van der Waals surface area contributed by atoms with Crippen molar-refractivity contribution < 1.29 is 32.0 Å². The molecule has 0 fully saturated rings. The van der Waals surface area contributed by atoms with Gasteiger partial charge in [0.2, 0.25) is 0 Å². The minimum atomic E-state index is -1.42. The summed E-state index contributed by atoms with van der Waals surface area (Å²) in [7, 11) is 0. The molecule has 1 N–H and O–H groups in total. The normalized spacial score (nSPS) is 12.5. The van der Waals surface area contributed by atoms with Gasteiger partial charge < -0.3 is 18.4 Å². The van der Waals surface area contributed by atoms with Gasteiger partial charge in [0, 0.05) is 45.7 Å². The van der Waals surface area contributed by atoms with Gasteiger partial charge in [-0.15, -0.1) is 4.72 Å². The maximum atomic E-state index is 15.6. The van der Waals surface area contributed by atoms with Gasteiger partial charge in [-0.2, -0.15) is 4.39 Å². The average Bonchev–Trinajstić information content (AvgIpc) is 3.26. The predicted octanol–water partition coefficient (Wildman–Crippen LogP) is 6.01. The SMILES string of the molecule is CCOC(=O)Cc1ccccc1OCc1cc(-c2ccnc(CN[S@@+]([O-])C(C)(C)C)c2F)c2oc(F)cc2c1. The Labute approximate surface area is 228 Å². The third kappa shape index (κ3) is 6.95. The summed E-state index contributed by atoms with van der Waals surface area (Å²) in [5, 5.41) is 0.438. The van der Waals surface area contributed by atoms with Crippen molar-refractivity contribution in [2.24, 2.45) is 0 Å². The second-order valence-electron chi connectivity index (χ2n) is 9.81. The number of fused-ring (bicyclic) bond motifs is 1. The smallest absolute Gasteiger partial charge is 0.310 e. The number of nitrogens with one attached hydrogen (secondary N) is 1. The number of nitrogens with zero attached hydrogens (tertiary/aromatic N) is 1. The molecule has 0 radical (unpaired) electrons. The van der Waals surface area contributed by atoms with Crippen molar-refractivity contribution in [2.75, 3.05) is 6.61 Å². The van der Waals surface area contributed by atoms with Gasteiger partial charge in [-0.3, -0.25) is 9.78 Å². The quantitative estimate of drug-likeness (QED) is 0.189. The molecular formula is C29H30F2N2O5S. The number of ether oxygens (including phenoxy) is 2. The fourth-order valence-electron chi connectivity index (χ4n) is 3.96. The second kappa shape index (κ2) is 12.1. The molecule has 0 saturated carbocycles. The highest BCUT2D eigenvalue weighted by molar-refractivity contribution is 7.90. The Morgan fingerprint density at radius 3 is 2.64 bits per heavy atom. The highest BCUT2D eigenvalue weighted by atomic mass is 32.2. The third-order valence-electron chi connectivity index (χ3n) is 5.83. The lowest BCUT2D eigenvalue weighted by atomic mass is 10.00. The number of carbonyl (C=O) groups is 1. The minimum absolute atomic E-state index is 0.0558. The Morgan fingerprint density at radius 2 is 1.90 bits per heavy atom. The molecule has 0 aliphatic carbocycles. The van der Waals surface area contributed by atoms with E-state index in [4.69, 9.17) is 13.9 Å². The molecule has 1 atom stereocenters. The van der Waals surface area contributed by atoms with Crippen LogP contribution in [0.3, 0.4) is 0 Å². The van der Waals surface area contributed by atoms with Gasteiger partial charge in [-0.25, -0.2) is 4.39 Å². The molecular weight excluding hydrogens is 526 g/mol. The predicted molar refractivity (Wildman–Crippen MR) is 145 cm³/mol. The largest absolute Gasteiger partial charge is 0.598 e. The van der Waals surface area contributed by atoms with Crippen LogP contribution in [0.1, 0.15) is 44.5 Å². The Morgan fingerprint density at radius 1 is 1.13 bits per heavy atom. The summed E-state index contributed by atoms with van der Waals surface area (Å²) >= 11 is -1.42. The summed E-state index contributed by atoms with van der Waals surface area (Å²) in [6.07, 6.45) is 1.50. The molecule has 10 heteroatoms. The molecule has 0 saturated heterocycles. The van der Waals surface area contributed by atoms with Crippen molar-refractivity contribution in [3.63, 3.8) is 0 Å². The molecule has 0 spiro atoms. The van der Waals surface area contributed by atoms with E-state index in [0.717, 1.165) is 0 Å². The van der Waals surface area contributed by atoms with Crippen LogP contribution in [0, 0.1) is 11.8 Å². The summed E-state index contributed by atoms with van der Waals surface area (Å²) in [5.41, 5.74) is 2.03. The van der Waals surface area contributed by atoms with E-state index in [1.165, 1.54) is 18.3 Å². The van der Waals surface area contributed by atoms with Crippen molar-refractivity contribution in [1.29, 1.82) is 0 Å². The molecule has 4 rings (SSSR count). The number of hydrogen-bond acceptors (Lipinski definition) is 7. The highest BCUT2D eigenvalue weighted by Gasteiger charge is 2.27. The summed E-state index contributed by atoms with van der Waals surface area (Å²) in [4.78, 5) is 16.1. The molecule has 39 heavy (non-hydrogen) atoms. The number of benzene rings is 2. The molecule has 0 unspecified atom stereocenters. The van der Waals surface area contributed by atoms with Crippen LogP contribution in [-0.2, 0) is 40.5 Å². The van der Waals surface area contributed by atoms with E-state index in [2.05, 4.69) is 9.71 Å². The molecule has 2 heterocycles. The van der Waals surface area contributed by atoms with E-state index in [1.54, 1.807) is 64.1 Å². The van der Waals surface area contributed by atoms with E-state index < -0.39 is 27.9 Å². The number of carbonyl (C=O) groups excluding carboxylic acids is 1. The van der Waals surface area contributed by atoms with Gasteiger partial charge >= 0.3 is 5.97 Å². The first-order valence-electron chi connectivity index (χ1n) is 12.4. The van der Waals surface area contributed by atoms with Crippen molar-refractivity contribution in [1.82, 2.24) is 9.71 Å². The highest BCUT2D eigenvalue weighted by Crippen LogP contribution is 2.35. The average molecular weight is 557 g/mol. The Kier molecular flexibility index (Phi) is 8.89. The van der Waals surface area contributed by atoms with Crippen LogP contribution < -0.4 is 9.46 Å². The van der Waals surface area contributed by atoms with Crippen LogP contribution in [-0.4, -0.2) is 26.9 Å². The van der Waals surface area contributed by atoms with E-state index >= 15 is 4.39 Å². The fourth-order valence-corrected chi connectivity index (χ4v) is 4.66. The lowest BCUT2D eigenvalue weighted by Crippen LogP contribution is -2.39. The van der Waals surface area contributed by atoms with E-state index in [1.807, 2.05) is 0 Å². The molecule has 2 aromatic carbocycles. The van der Waals surface area contributed by atoms with Gasteiger partial charge in [0.1, 0.15) is 22.7 Å². The minimum Gasteiger partial charge on any atom is -0.598 e. The summed E-state index contributed by atoms with van der Waals surface area (Å²) in [6.45, 7) is 7.46. The van der Waals surface area contributed by atoms with Crippen molar-refractivity contribution in [3.8, 4) is 16.9 Å². The van der Waals surface area contributed by atoms with Crippen molar-refractivity contribution in [3.05, 3.63) is 83.4 Å². The van der Waals surface area contributed by atoms with E-state index in [9.17, 15) is 13.7 Å². The standard InChI is InChI=1S/C29H30F2N2O5S/c1-5-36-26(34)15-19-8-6-7-9-24(19)37-17-18-12-20-14-25(30)38-28(20)22(13-18)21-10-11-32-23(27(21)31)16-33-39(35)29(2,3)4/h6-14,33H,5,15-17H2,1-4H3/t39-/m0/s1. The molecule has 206 valence electrons. The molecule has 0 bridgehead atoms. The topological polar surface area (TPSA) is 96.7 Å². The third-order valence-corrected chi connectivity index (χ3v) is 7.35. The van der Waals surface area contributed by atoms with E-state index in [-0.39, 0.29) is 49.0 Å². The lowest BCUT2D eigenvalue weighted by molar-refractivity contribution is -0.142. The van der Waals surface area contributed by atoms with Crippen LogP contribution in [0.5, 0.6) is 5.75 Å². The Hall–Kier alpha value is -3.47. The molecule has 0 aliphatic heterocycles. The number of esters is 1. The zero-order valence-corrected chi connectivity index (χ0v) is 23.0. The number of furan rings is 1. The second-order valence-corrected chi connectivity index (χ2v) is 11.9. The first-order chi connectivity index (χ1) is 18.6. The monoisotopic (exact) mass is 556 g/mol. The van der Waals surface area contributed by atoms with Crippen LogP contribution in [0.2, 0.25) is 0 Å². The first kappa shape index (κ1) is 28.5. The van der Waals surface area contributed by atoms with Gasteiger partial charge in [0.15, 0.2) is 5.82 Å². The maximum Gasteiger partial charge on any atom is 0.310 e. The lowest BCUT2D eigenvalue weighted by Gasteiger charge is -2.23. The van der Waals surface area contributed by atoms with Crippen LogP contribution >= 0.6 is 0 Å². The number of pyridine rings is 1. The van der Waals surface area contributed by atoms with Gasteiger partial charge in [0.05, 0.1) is 25.3 Å². The summed E-state index contributed by atoms with van der Waals surface area (Å²) < 4.78 is 60.8. The Balaban J connectivity index is 1.64. The van der Waals surface area contributed by atoms with Crippen LogP contribution in [0.4, 0.5) is 8.78 Å². The number of halogens is 2. The zero-order chi connectivity index (χ0) is 28.2. The molecule has 7 nitrogen and oxygen atoms in total. The van der Waals surface area contributed by atoms with Gasteiger partial charge in [0.25, 0.3) is 6.01 Å². The molecule has 0 amide bonds. The van der Waals surface area contributed by atoms with Crippen LogP contribution in [0.15, 0.2) is 59.1 Å². The molecule has 2 aromatic heterocycles. The fraction of sp³-hybridized carbons (Fsp3) is 0.310. The number of para-hydroxylation sites is 1. The Bertz CT molecular complexity index is 1470. The first-order valence-corrected chi connectivity index (χ1v) is 13.6. The van der Waals surface area contributed by atoms with Gasteiger partial charge in [-0.1, -0.05) is 18.2 Å². The molecule has 4 aromatic rings. The number of aromatic nitrogens is 1. The van der Waals surface area contributed by atoms with E-state index in [0.29, 0.717) is 27.8 Å². The van der Waals surface area contributed by atoms with Crippen molar-refractivity contribution >= 4 is 28.3 Å². The van der Waals surface area contributed by atoms with Crippen molar-refractivity contribution in [2.45, 2.75) is 52.0 Å². The summed E-state index contributed by atoms with van der Waals surface area (Å²) in [6, 6.07) is 12.4. The number of rotatable bonds is 10. The van der Waals surface area contributed by atoms with Crippen LogP contribution in [0.25, 0.3) is 22.1 Å². The number of hydrogen-bond donors (Lipinski definition) is 1. The summed E-state index contributed by atoms with van der Waals surface area (Å²) in [5.74, 6) is -0.497.